The first-order valence-electron chi connectivity index (χ1n) is 14.7. The van der Waals surface area contributed by atoms with Crippen LogP contribution >= 0.6 is 0 Å². The van der Waals surface area contributed by atoms with Gasteiger partial charge in [-0.3, -0.25) is 14.2 Å². The van der Waals surface area contributed by atoms with Crippen LogP contribution in [0.4, 0.5) is 0 Å². The van der Waals surface area contributed by atoms with Gasteiger partial charge >= 0.3 is 5.76 Å². The number of hydrogen-bond acceptors (Lipinski definition) is 5. The topological polar surface area (TPSA) is 93.1 Å². The van der Waals surface area contributed by atoms with Crippen LogP contribution in [-0.4, -0.2) is 16.1 Å². The van der Waals surface area contributed by atoms with E-state index in [1.165, 1.54) is 6.26 Å². The fourth-order valence-corrected chi connectivity index (χ4v) is 10.6. The number of fused-ring (bicyclic) bond motifs is 7. The summed E-state index contributed by atoms with van der Waals surface area (Å²) in [7, 11) is 0. The molecule has 5 aliphatic carbocycles. The molecule has 3 fully saturated rings. The molecule has 6 heteroatoms. The maximum Gasteiger partial charge on any atom is 0.419 e. The van der Waals surface area contributed by atoms with E-state index >= 15 is 0 Å². The predicted molar refractivity (Wildman–Crippen MR) is 147 cm³/mol. The molecule has 0 bridgehead atoms. The van der Waals surface area contributed by atoms with Gasteiger partial charge in [-0.05, 0) is 79.1 Å². The lowest BCUT2D eigenvalue weighted by atomic mass is 9.35. The van der Waals surface area contributed by atoms with Gasteiger partial charge in [0.1, 0.15) is 12.3 Å². The standard InChI is InChI=1S/C33H42N2O4/c1-28(2)10-12-33(35-14-15-39-27(35)38)13-11-32(7)25(21(33)18-28)22(36)16-24-30(5)17-20(19-34)26(37)29(3,4)23(30)8-9-31(24,32)6/h14-17,21,23,25H,8-13,18H2,1-7H3/t21-,23-,25-,30-,31+,32+,33-/m0/s1. The lowest BCUT2D eigenvalue weighted by Gasteiger charge is -2.69. The molecule has 7 atom stereocenters. The monoisotopic (exact) mass is 530 g/mol. The van der Waals surface area contributed by atoms with Gasteiger partial charge in [0.05, 0.1) is 11.1 Å². The molecule has 39 heavy (non-hydrogen) atoms. The number of nitriles is 1. The van der Waals surface area contributed by atoms with E-state index in [2.05, 4.69) is 40.7 Å². The van der Waals surface area contributed by atoms with Crippen molar-refractivity contribution in [1.82, 2.24) is 4.57 Å². The van der Waals surface area contributed by atoms with Crippen LogP contribution in [0.2, 0.25) is 0 Å². The molecule has 0 radical (unpaired) electrons. The normalized spacial score (nSPS) is 44.1. The zero-order valence-electron chi connectivity index (χ0n) is 24.5. The molecule has 5 aliphatic rings. The van der Waals surface area contributed by atoms with Gasteiger partial charge in [0, 0.05) is 22.9 Å². The Morgan fingerprint density at radius 2 is 1.67 bits per heavy atom. The molecule has 3 saturated carbocycles. The number of rotatable bonds is 1. The van der Waals surface area contributed by atoms with Crippen LogP contribution in [0, 0.1) is 56.2 Å². The smallest absolute Gasteiger partial charge is 0.416 e. The van der Waals surface area contributed by atoms with Crippen molar-refractivity contribution in [2.75, 3.05) is 0 Å². The summed E-state index contributed by atoms with van der Waals surface area (Å²) >= 11 is 0. The Balaban J connectivity index is 1.55. The van der Waals surface area contributed by atoms with Gasteiger partial charge in [-0.1, -0.05) is 60.1 Å². The lowest BCUT2D eigenvalue weighted by Crippen LogP contribution is -2.67. The average Bonchev–Trinajstić information content (AvgIpc) is 3.29. The summed E-state index contributed by atoms with van der Waals surface area (Å²) in [5, 5.41) is 9.91. The minimum absolute atomic E-state index is 0.0255. The molecule has 1 aromatic rings. The van der Waals surface area contributed by atoms with Crippen LogP contribution in [0.1, 0.15) is 93.4 Å². The van der Waals surface area contributed by atoms with Crippen LogP contribution in [0.5, 0.6) is 0 Å². The van der Waals surface area contributed by atoms with Gasteiger partial charge in [-0.2, -0.15) is 5.26 Å². The highest BCUT2D eigenvalue weighted by molar-refractivity contribution is 6.04. The maximum atomic E-state index is 14.5. The average molecular weight is 531 g/mol. The van der Waals surface area contributed by atoms with Crippen LogP contribution in [0.15, 0.2) is 45.0 Å². The third-order valence-electron chi connectivity index (χ3n) is 12.9. The molecule has 6 rings (SSSR count). The summed E-state index contributed by atoms with van der Waals surface area (Å²) in [4.78, 5) is 40.7. The summed E-state index contributed by atoms with van der Waals surface area (Å²) in [6.45, 7) is 15.4. The molecule has 6 nitrogen and oxygen atoms in total. The van der Waals surface area contributed by atoms with Gasteiger partial charge in [-0.25, -0.2) is 4.79 Å². The van der Waals surface area contributed by atoms with Gasteiger partial charge < -0.3 is 4.42 Å². The molecule has 0 spiro atoms. The van der Waals surface area contributed by atoms with E-state index in [4.69, 9.17) is 4.42 Å². The molecule has 0 aliphatic heterocycles. The zero-order chi connectivity index (χ0) is 28.4. The third kappa shape index (κ3) is 3.11. The van der Waals surface area contributed by atoms with Crippen molar-refractivity contribution < 1.29 is 14.0 Å². The number of nitrogens with zero attached hydrogens (tertiary/aromatic N) is 2. The highest BCUT2D eigenvalue weighted by atomic mass is 16.4. The van der Waals surface area contributed by atoms with E-state index in [0.717, 1.165) is 50.5 Å². The number of aromatic nitrogens is 1. The molecular weight excluding hydrogens is 488 g/mol. The SMILES string of the molecule is CC1(C)CC[C@]2(n3ccoc3=O)CC[C@]3(C)[C@H](C(=O)C=C4[C@@]5(C)C=C(C#N)C(=O)C(C)(C)[C@@H]5CC[C@]43C)[C@@H]2C1. The van der Waals surface area contributed by atoms with Crippen LogP contribution in [0.3, 0.4) is 0 Å². The second kappa shape index (κ2) is 7.74. The first-order valence-corrected chi connectivity index (χ1v) is 14.7. The molecule has 0 amide bonds. The number of carbonyl (C=O) groups is 2. The quantitative estimate of drug-likeness (QED) is 0.421. The van der Waals surface area contributed by atoms with Crippen molar-refractivity contribution in [3.05, 3.63) is 46.3 Å². The maximum absolute atomic E-state index is 14.5. The second-order valence-electron chi connectivity index (χ2n) is 15.4. The molecular formula is C33H42N2O4. The minimum atomic E-state index is -0.672. The number of Topliss-reactive ketones (excluding diaryl/α,β-unsaturated/α-hetero) is 1. The Hall–Kier alpha value is -2.68. The molecule has 0 N–H and O–H groups in total. The summed E-state index contributed by atoms with van der Waals surface area (Å²) in [5.41, 5.74) is -0.799. The van der Waals surface area contributed by atoms with Crippen LogP contribution < -0.4 is 5.76 Å². The highest BCUT2D eigenvalue weighted by Crippen LogP contribution is 2.74. The van der Waals surface area contributed by atoms with E-state index in [1.807, 2.05) is 30.6 Å². The van der Waals surface area contributed by atoms with Crippen molar-refractivity contribution in [3.63, 3.8) is 0 Å². The summed E-state index contributed by atoms with van der Waals surface area (Å²) in [5.74, 6) is -0.415. The molecule has 1 heterocycles. The molecule has 1 aromatic heterocycles. The van der Waals surface area contributed by atoms with E-state index in [0.29, 0.717) is 0 Å². The molecule has 0 unspecified atom stereocenters. The molecule has 0 aromatic carbocycles. The van der Waals surface area contributed by atoms with Crippen molar-refractivity contribution in [3.8, 4) is 6.07 Å². The minimum Gasteiger partial charge on any atom is -0.416 e. The van der Waals surface area contributed by atoms with E-state index < -0.39 is 16.4 Å². The molecule has 0 saturated heterocycles. The van der Waals surface area contributed by atoms with Crippen LogP contribution in [0.25, 0.3) is 0 Å². The fraction of sp³-hybridized carbons (Fsp3) is 0.697. The van der Waals surface area contributed by atoms with Crippen molar-refractivity contribution in [2.45, 2.75) is 99.0 Å². The third-order valence-corrected chi connectivity index (χ3v) is 12.9. The van der Waals surface area contributed by atoms with Crippen molar-refractivity contribution >= 4 is 11.6 Å². The zero-order valence-corrected chi connectivity index (χ0v) is 24.5. The number of oxazole rings is 1. The summed E-state index contributed by atoms with van der Waals surface area (Å²) in [6, 6.07) is 2.18. The first-order chi connectivity index (χ1) is 18.1. The Morgan fingerprint density at radius 1 is 0.974 bits per heavy atom. The highest BCUT2D eigenvalue weighted by Gasteiger charge is 2.70. The lowest BCUT2D eigenvalue weighted by molar-refractivity contribution is -0.168. The number of allylic oxidation sites excluding steroid dienone is 4. The Bertz CT molecular complexity index is 1450. The van der Waals surface area contributed by atoms with Crippen molar-refractivity contribution in [1.29, 1.82) is 5.26 Å². The first kappa shape index (κ1) is 26.5. The van der Waals surface area contributed by atoms with Gasteiger partial charge in [0.25, 0.3) is 0 Å². The Labute approximate surface area is 231 Å². The van der Waals surface area contributed by atoms with E-state index in [9.17, 15) is 19.6 Å². The Morgan fingerprint density at radius 3 is 2.31 bits per heavy atom. The largest absolute Gasteiger partial charge is 0.419 e. The fourth-order valence-electron chi connectivity index (χ4n) is 10.6. The molecule has 208 valence electrons. The van der Waals surface area contributed by atoms with E-state index in [1.54, 1.807) is 6.20 Å². The summed E-state index contributed by atoms with van der Waals surface area (Å²) in [6.07, 6.45) is 13.3. The number of ketones is 2. The second-order valence-corrected chi connectivity index (χ2v) is 15.4. The Kier molecular flexibility index (Phi) is 5.27. The van der Waals surface area contributed by atoms with Gasteiger partial charge in [-0.15, -0.1) is 0 Å². The number of hydrogen-bond donors (Lipinski definition) is 0. The van der Waals surface area contributed by atoms with Gasteiger partial charge in [0.2, 0.25) is 0 Å². The van der Waals surface area contributed by atoms with Crippen molar-refractivity contribution in [2.24, 2.45) is 44.8 Å². The van der Waals surface area contributed by atoms with Gasteiger partial charge in [0.15, 0.2) is 11.6 Å². The summed E-state index contributed by atoms with van der Waals surface area (Å²) < 4.78 is 7.09. The van der Waals surface area contributed by atoms with E-state index in [-0.39, 0.29) is 56.9 Å². The van der Waals surface area contributed by atoms with Crippen LogP contribution in [-0.2, 0) is 15.1 Å². The number of carbonyl (C=O) groups excluding carboxylic acids is 2. The predicted octanol–water partition coefficient (Wildman–Crippen LogP) is 6.37.